The van der Waals surface area contributed by atoms with Crippen LogP contribution in [-0.2, 0) is 24.7 Å². The Bertz CT molecular complexity index is 1220. The molecule has 31 heavy (non-hydrogen) atoms. The zero-order chi connectivity index (χ0) is 22.1. The molecule has 10 heteroatoms. The Balaban J connectivity index is 2.00. The summed E-state index contributed by atoms with van der Waals surface area (Å²) in [7, 11) is 1.43. The highest BCUT2D eigenvalue weighted by molar-refractivity contribution is 5.92. The van der Waals surface area contributed by atoms with E-state index in [1.54, 1.807) is 6.92 Å². The van der Waals surface area contributed by atoms with Crippen molar-refractivity contribution in [3.8, 4) is 11.4 Å². The third-order valence-corrected chi connectivity index (χ3v) is 5.41. The number of allylic oxidation sites excluding steroid dienone is 1. The first kappa shape index (κ1) is 20.7. The van der Waals surface area contributed by atoms with Gasteiger partial charge in [-0.25, -0.2) is 4.79 Å². The quantitative estimate of drug-likeness (QED) is 0.368. The Morgan fingerprint density at radius 3 is 2.61 bits per heavy atom. The summed E-state index contributed by atoms with van der Waals surface area (Å²) in [6.07, 6.45) is 2.90. The number of fused-ring (bicyclic) bond motifs is 1. The van der Waals surface area contributed by atoms with E-state index in [4.69, 9.17) is 15.5 Å². The van der Waals surface area contributed by atoms with E-state index < -0.39 is 12.3 Å². The number of alkyl halides is 2. The van der Waals surface area contributed by atoms with Crippen molar-refractivity contribution in [1.82, 2.24) is 19.8 Å². The normalized spacial score (nSPS) is 13.9. The molecule has 162 valence electrons. The molecule has 0 spiro atoms. The molecule has 3 aromatic rings. The van der Waals surface area contributed by atoms with Gasteiger partial charge in [0, 0.05) is 12.6 Å². The number of hydrogen-bond acceptors (Lipinski definition) is 6. The number of aryl methyl sites for hydroxylation is 2. The Morgan fingerprint density at radius 1 is 1.16 bits per heavy atom. The van der Waals surface area contributed by atoms with Crippen LogP contribution in [0.5, 0.6) is 5.75 Å². The molecule has 8 nitrogen and oxygen atoms in total. The van der Waals surface area contributed by atoms with Crippen LogP contribution in [-0.4, -0.2) is 26.4 Å². The van der Waals surface area contributed by atoms with Crippen molar-refractivity contribution < 1.29 is 18.4 Å². The maximum absolute atomic E-state index is 13.2. The minimum absolute atomic E-state index is 0.0843. The highest BCUT2D eigenvalue weighted by atomic mass is 19.3. The Morgan fingerprint density at radius 2 is 1.94 bits per heavy atom. The number of benzene rings is 2. The largest absolute Gasteiger partial charge is 0.434 e. The molecule has 0 unspecified atom stereocenters. The molecule has 1 heterocycles. The van der Waals surface area contributed by atoms with Crippen molar-refractivity contribution in [2.24, 2.45) is 12.9 Å². The zero-order valence-electron chi connectivity index (χ0n) is 17.0. The van der Waals surface area contributed by atoms with Crippen molar-refractivity contribution >= 4 is 11.3 Å². The predicted molar refractivity (Wildman–Crippen MR) is 109 cm³/mol. The topological polar surface area (TPSA) is 97.2 Å². The van der Waals surface area contributed by atoms with Gasteiger partial charge in [0.1, 0.15) is 5.75 Å². The second kappa shape index (κ2) is 8.31. The number of nitrogens with two attached hydrogens (primary N) is 1. The van der Waals surface area contributed by atoms with Crippen LogP contribution in [0.3, 0.4) is 0 Å². The third kappa shape index (κ3) is 3.70. The molecule has 0 aliphatic heterocycles. The van der Waals surface area contributed by atoms with Gasteiger partial charge in [-0.3, -0.25) is 0 Å². The van der Waals surface area contributed by atoms with Crippen molar-refractivity contribution in [3.05, 3.63) is 69.1 Å². The molecule has 0 amide bonds. The fourth-order valence-corrected chi connectivity index (χ4v) is 4.01. The second-order valence-electron chi connectivity index (χ2n) is 7.19. The average Bonchev–Trinajstić information content (AvgIpc) is 3.36. The number of tetrazole rings is 1. The first-order valence-corrected chi connectivity index (χ1v) is 9.68. The fraction of sp³-hybridized carbons (Fsp3) is 0.286. The molecule has 0 radical (unpaired) electrons. The van der Waals surface area contributed by atoms with E-state index >= 15 is 0 Å². The SMILES string of the molecule is C/C(=C(\ON)c1c(OC(F)F)cccc1-n1nnn(C)c1=O)c1cccc2c1CCC2. The Labute approximate surface area is 176 Å². The van der Waals surface area contributed by atoms with Crippen molar-refractivity contribution in [2.45, 2.75) is 32.8 Å². The summed E-state index contributed by atoms with van der Waals surface area (Å²) in [6, 6.07) is 10.3. The number of hydrogen-bond donors (Lipinski definition) is 1. The Hall–Kier alpha value is -3.53. The zero-order valence-corrected chi connectivity index (χ0v) is 17.0. The van der Waals surface area contributed by atoms with Gasteiger partial charge in [0.05, 0.1) is 11.3 Å². The van der Waals surface area contributed by atoms with E-state index in [1.807, 2.05) is 12.1 Å². The highest BCUT2D eigenvalue weighted by Crippen LogP contribution is 2.39. The summed E-state index contributed by atoms with van der Waals surface area (Å²) in [5, 5.41) is 7.53. The van der Waals surface area contributed by atoms with E-state index in [9.17, 15) is 13.6 Å². The molecule has 0 bridgehead atoms. The summed E-state index contributed by atoms with van der Waals surface area (Å²) in [5.41, 5.74) is 3.61. The van der Waals surface area contributed by atoms with Gasteiger partial charge in [-0.05, 0) is 65.4 Å². The van der Waals surface area contributed by atoms with Crippen LogP contribution in [0, 0.1) is 0 Å². The molecule has 0 fully saturated rings. The molecule has 2 N–H and O–H groups in total. The van der Waals surface area contributed by atoms with E-state index in [1.165, 1.54) is 36.4 Å². The standard InChI is InChI=1S/C21H21F2N5O3/c1-12(14-8-3-6-13-7-4-9-15(13)14)19(31-24)18-16(28-21(29)27(2)25-26-28)10-5-11-17(18)30-20(22)23/h3,5-6,8,10-11,20H,4,7,9,24H2,1-2H3/b19-12+. The highest BCUT2D eigenvalue weighted by Gasteiger charge is 2.25. The average molecular weight is 429 g/mol. The molecular formula is C21H21F2N5O3. The fourth-order valence-electron chi connectivity index (χ4n) is 4.01. The van der Waals surface area contributed by atoms with Crippen LogP contribution in [0.1, 0.15) is 35.6 Å². The summed E-state index contributed by atoms with van der Waals surface area (Å²) in [4.78, 5) is 17.7. The lowest BCUT2D eigenvalue weighted by atomic mass is 9.94. The molecule has 0 atom stereocenters. The molecule has 4 rings (SSSR count). The summed E-state index contributed by atoms with van der Waals surface area (Å²) < 4.78 is 33.1. The number of ether oxygens (including phenoxy) is 1. The van der Waals surface area contributed by atoms with Gasteiger partial charge < -0.3 is 9.57 Å². The third-order valence-electron chi connectivity index (χ3n) is 5.41. The lowest BCUT2D eigenvalue weighted by Gasteiger charge is -2.19. The van der Waals surface area contributed by atoms with E-state index in [0.29, 0.717) is 5.57 Å². The van der Waals surface area contributed by atoms with Gasteiger partial charge in [-0.2, -0.15) is 24.0 Å². The lowest BCUT2D eigenvalue weighted by molar-refractivity contribution is -0.0501. The van der Waals surface area contributed by atoms with Gasteiger partial charge in [0.15, 0.2) is 5.76 Å². The molecular weight excluding hydrogens is 408 g/mol. The molecule has 1 aromatic heterocycles. The molecule has 0 saturated carbocycles. The van der Waals surface area contributed by atoms with Gasteiger partial charge in [-0.1, -0.05) is 24.3 Å². The summed E-state index contributed by atoms with van der Waals surface area (Å²) in [5.74, 6) is 5.55. The van der Waals surface area contributed by atoms with Crippen molar-refractivity contribution in [1.29, 1.82) is 0 Å². The van der Waals surface area contributed by atoms with Crippen LogP contribution in [0.4, 0.5) is 8.78 Å². The van der Waals surface area contributed by atoms with Gasteiger partial charge in [-0.15, -0.1) is 0 Å². The van der Waals surface area contributed by atoms with Crippen LogP contribution >= 0.6 is 0 Å². The number of nitrogens with zero attached hydrogens (tertiary/aromatic N) is 4. The van der Waals surface area contributed by atoms with Crippen LogP contribution < -0.4 is 16.3 Å². The number of halogens is 2. The predicted octanol–water partition coefficient (Wildman–Crippen LogP) is 2.83. The van der Waals surface area contributed by atoms with Gasteiger partial charge >= 0.3 is 12.3 Å². The van der Waals surface area contributed by atoms with Crippen LogP contribution in [0.2, 0.25) is 0 Å². The van der Waals surface area contributed by atoms with Crippen LogP contribution in [0.25, 0.3) is 17.0 Å². The van der Waals surface area contributed by atoms with E-state index in [0.717, 1.165) is 34.2 Å². The number of rotatable bonds is 6. The number of aromatic nitrogens is 4. The van der Waals surface area contributed by atoms with Crippen LogP contribution in [0.15, 0.2) is 41.2 Å². The maximum Gasteiger partial charge on any atom is 0.387 e. The lowest BCUT2D eigenvalue weighted by Crippen LogP contribution is -2.23. The molecule has 1 aliphatic carbocycles. The maximum atomic E-state index is 13.2. The molecule has 0 saturated heterocycles. The second-order valence-corrected chi connectivity index (χ2v) is 7.19. The Kier molecular flexibility index (Phi) is 5.55. The monoisotopic (exact) mass is 429 g/mol. The van der Waals surface area contributed by atoms with Crippen molar-refractivity contribution in [3.63, 3.8) is 0 Å². The van der Waals surface area contributed by atoms with E-state index in [2.05, 4.69) is 16.5 Å². The molecule has 1 aliphatic rings. The van der Waals surface area contributed by atoms with E-state index in [-0.39, 0.29) is 22.8 Å². The first-order valence-electron chi connectivity index (χ1n) is 9.68. The summed E-state index contributed by atoms with van der Waals surface area (Å²) >= 11 is 0. The van der Waals surface area contributed by atoms with Crippen molar-refractivity contribution in [2.75, 3.05) is 0 Å². The van der Waals surface area contributed by atoms with Gasteiger partial charge in [0.2, 0.25) is 0 Å². The smallest absolute Gasteiger partial charge is 0.387 e. The summed E-state index contributed by atoms with van der Waals surface area (Å²) in [6.45, 7) is -1.30. The minimum atomic E-state index is -3.09. The minimum Gasteiger partial charge on any atom is -0.434 e. The van der Waals surface area contributed by atoms with Gasteiger partial charge in [0.25, 0.3) is 0 Å². The first-order chi connectivity index (χ1) is 14.9. The molecule has 2 aromatic carbocycles.